The molecule has 3 rings (SSSR count). The summed E-state index contributed by atoms with van der Waals surface area (Å²) in [5.74, 6) is 0.765. The highest BCUT2D eigenvalue weighted by Gasteiger charge is 2.13. The first-order chi connectivity index (χ1) is 11.2. The SMILES string of the molecule is COc1ccc(-c2c(SC)cc(-c3ccccn3)[nH]c2=O)cc1. The molecule has 0 aliphatic rings. The van der Waals surface area contributed by atoms with Gasteiger partial charge in [0.05, 0.1) is 24.1 Å². The number of methoxy groups -OCH3 is 1. The second-order valence-electron chi connectivity index (χ2n) is 4.90. The van der Waals surface area contributed by atoms with Crippen LogP contribution in [-0.4, -0.2) is 23.3 Å². The number of pyridine rings is 2. The minimum absolute atomic E-state index is 0.123. The van der Waals surface area contributed by atoms with Crippen LogP contribution in [0.4, 0.5) is 0 Å². The number of benzene rings is 1. The summed E-state index contributed by atoms with van der Waals surface area (Å²) in [6, 6.07) is 15.1. The zero-order valence-corrected chi connectivity index (χ0v) is 13.7. The van der Waals surface area contributed by atoms with Crippen molar-refractivity contribution in [2.75, 3.05) is 13.4 Å². The first-order valence-corrected chi connectivity index (χ1v) is 8.32. The lowest BCUT2D eigenvalue weighted by molar-refractivity contribution is 0.415. The predicted molar refractivity (Wildman–Crippen MR) is 94.1 cm³/mol. The van der Waals surface area contributed by atoms with E-state index < -0.39 is 0 Å². The van der Waals surface area contributed by atoms with E-state index in [1.807, 2.05) is 54.8 Å². The van der Waals surface area contributed by atoms with Gasteiger partial charge in [0.1, 0.15) is 5.75 Å². The molecule has 2 heterocycles. The molecule has 0 fully saturated rings. The fraction of sp³-hybridized carbons (Fsp3) is 0.111. The van der Waals surface area contributed by atoms with Crippen LogP contribution in [0.5, 0.6) is 5.75 Å². The Morgan fingerprint density at radius 2 is 1.91 bits per heavy atom. The van der Waals surface area contributed by atoms with Crippen molar-refractivity contribution in [2.45, 2.75) is 4.90 Å². The molecule has 0 aliphatic carbocycles. The number of H-pyrrole nitrogens is 1. The summed E-state index contributed by atoms with van der Waals surface area (Å²) >= 11 is 1.54. The Bertz CT molecular complexity index is 858. The highest BCUT2D eigenvalue weighted by atomic mass is 32.2. The summed E-state index contributed by atoms with van der Waals surface area (Å²) in [5.41, 5.74) is 2.88. The number of nitrogens with zero attached hydrogens (tertiary/aromatic N) is 1. The Balaban J connectivity index is 2.12. The van der Waals surface area contributed by atoms with Crippen molar-refractivity contribution in [3.05, 3.63) is 65.1 Å². The van der Waals surface area contributed by atoms with Gasteiger partial charge in [0.15, 0.2) is 0 Å². The zero-order valence-electron chi connectivity index (χ0n) is 12.9. The van der Waals surface area contributed by atoms with Gasteiger partial charge in [0, 0.05) is 11.1 Å². The molecule has 0 amide bonds. The number of nitrogens with one attached hydrogen (secondary N) is 1. The molecule has 0 bridgehead atoms. The molecule has 23 heavy (non-hydrogen) atoms. The Kier molecular flexibility index (Phi) is 4.48. The van der Waals surface area contributed by atoms with Gasteiger partial charge in [-0.3, -0.25) is 9.78 Å². The van der Waals surface area contributed by atoms with Crippen LogP contribution in [0.25, 0.3) is 22.5 Å². The first kappa shape index (κ1) is 15.4. The Morgan fingerprint density at radius 3 is 2.52 bits per heavy atom. The second-order valence-corrected chi connectivity index (χ2v) is 5.75. The fourth-order valence-corrected chi connectivity index (χ4v) is 3.04. The van der Waals surface area contributed by atoms with Gasteiger partial charge < -0.3 is 9.72 Å². The van der Waals surface area contributed by atoms with Crippen molar-refractivity contribution < 1.29 is 4.74 Å². The lowest BCUT2D eigenvalue weighted by Gasteiger charge is -2.10. The molecule has 0 saturated heterocycles. The molecular formula is C18H16N2O2S. The zero-order chi connectivity index (χ0) is 16.2. The van der Waals surface area contributed by atoms with Gasteiger partial charge in [0.25, 0.3) is 5.56 Å². The molecule has 0 saturated carbocycles. The van der Waals surface area contributed by atoms with E-state index in [9.17, 15) is 4.79 Å². The molecule has 0 spiro atoms. The fourth-order valence-electron chi connectivity index (χ4n) is 2.39. The standard InChI is InChI=1S/C18H16N2O2S/c1-22-13-8-6-12(7-9-13)17-16(23-2)11-15(20-18(17)21)14-5-3-4-10-19-14/h3-11H,1-2H3,(H,20,21). The quantitative estimate of drug-likeness (QED) is 0.741. The molecule has 0 unspecified atom stereocenters. The van der Waals surface area contributed by atoms with Crippen molar-refractivity contribution in [3.8, 4) is 28.3 Å². The van der Waals surface area contributed by atoms with Gasteiger partial charge in [-0.25, -0.2) is 0 Å². The van der Waals surface area contributed by atoms with Gasteiger partial charge in [-0.05, 0) is 42.2 Å². The lowest BCUT2D eigenvalue weighted by Crippen LogP contribution is -2.11. The van der Waals surface area contributed by atoms with E-state index >= 15 is 0 Å². The molecular weight excluding hydrogens is 308 g/mol. The maximum absolute atomic E-state index is 12.6. The summed E-state index contributed by atoms with van der Waals surface area (Å²) in [4.78, 5) is 20.8. The van der Waals surface area contributed by atoms with Gasteiger partial charge in [-0.1, -0.05) is 18.2 Å². The Hall–Kier alpha value is -2.53. The van der Waals surface area contributed by atoms with Crippen LogP contribution in [0.1, 0.15) is 0 Å². The number of aromatic amines is 1. The van der Waals surface area contributed by atoms with Gasteiger partial charge in [-0.15, -0.1) is 11.8 Å². The maximum Gasteiger partial charge on any atom is 0.257 e. The van der Waals surface area contributed by atoms with E-state index in [0.717, 1.165) is 27.6 Å². The number of hydrogen-bond acceptors (Lipinski definition) is 4. The molecule has 4 nitrogen and oxygen atoms in total. The van der Waals surface area contributed by atoms with E-state index in [0.29, 0.717) is 5.56 Å². The van der Waals surface area contributed by atoms with Crippen LogP contribution in [-0.2, 0) is 0 Å². The van der Waals surface area contributed by atoms with Crippen LogP contribution in [0, 0.1) is 0 Å². The average molecular weight is 324 g/mol. The Labute approximate surface area is 138 Å². The summed E-state index contributed by atoms with van der Waals surface area (Å²) in [6.45, 7) is 0. The third kappa shape index (κ3) is 3.14. The molecule has 3 aromatic rings. The molecule has 5 heteroatoms. The van der Waals surface area contributed by atoms with Gasteiger partial charge >= 0.3 is 0 Å². The third-order valence-electron chi connectivity index (χ3n) is 3.54. The molecule has 1 N–H and O–H groups in total. The summed E-state index contributed by atoms with van der Waals surface area (Å²) in [5, 5.41) is 0. The number of hydrogen-bond donors (Lipinski definition) is 1. The van der Waals surface area contributed by atoms with Crippen molar-refractivity contribution in [1.82, 2.24) is 9.97 Å². The van der Waals surface area contributed by atoms with Gasteiger partial charge in [0.2, 0.25) is 0 Å². The maximum atomic E-state index is 12.6. The second kappa shape index (κ2) is 6.71. The number of thioether (sulfide) groups is 1. The van der Waals surface area contributed by atoms with Crippen LogP contribution in [0.15, 0.2) is 64.4 Å². The van der Waals surface area contributed by atoms with Gasteiger partial charge in [-0.2, -0.15) is 0 Å². The molecule has 0 atom stereocenters. The van der Waals surface area contributed by atoms with E-state index in [1.54, 1.807) is 25.1 Å². The number of rotatable bonds is 4. The largest absolute Gasteiger partial charge is 0.497 e. The van der Waals surface area contributed by atoms with Crippen LogP contribution in [0.2, 0.25) is 0 Å². The number of ether oxygens (including phenoxy) is 1. The molecule has 0 aliphatic heterocycles. The Morgan fingerprint density at radius 1 is 1.13 bits per heavy atom. The highest BCUT2D eigenvalue weighted by Crippen LogP contribution is 2.30. The normalized spacial score (nSPS) is 10.5. The minimum Gasteiger partial charge on any atom is -0.497 e. The van der Waals surface area contributed by atoms with Crippen LogP contribution < -0.4 is 10.3 Å². The molecule has 116 valence electrons. The summed E-state index contributed by atoms with van der Waals surface area (Å²) < 4.78 is 5.17. The van der Waals surface area contributed by atoms with E-state index in [4.69, 9.17) is 4.74 Å². The van der Waals surface area contributed by atoms with Crippen molar-refractivity contribution in [1.29, 1.82) is 0 Å². The van der Waals surface area contributed by atoms with Crippen molar-refractivity contribution in [3.63, 3.8) is 0 Å². The van der Waals surface area contributed by atoms with E-state index in [1.165, 1.54) is 0 Å². The highest BCUT2D eigenvalue weighted by molar-refractivity contribution is 7.98. The summed E-state index contributed by atoms with van der Waals surface area (Å²) in [6.07, 6.45) is 3.67. The molecule has 2 aromatic heterocycles. The average Bonchev–Trinajstić information content (AvgIpc) is 2.62. The number of aromatic nitrogens is 2. The lowest BCUT2D eigenvalue weighted by atomic mass is 10.1. The minimum atomic E-state index is -0.123. The first-order valence-electron chi connectivity index (χ1n) is 7.10. The molecule has 0 radical (unpaired) electrons. The smallest absolute Gasteiger partial charge is 0.257 e. The summed E-state index contributed by atoms with van der Waals surface area (Å²) in [7, 11) is 1.62. The monoisotopic (exact) mass is 324 g/mol. The predicted octanol–water partition coefficient (Wildman–Crippen LogP) is 3.83. The van der Waals surface area contributed by atoms with Crippen molar-refractivity contribution in [2.24, 2.45) is 0 Å². The topological polar surface area (TPSA) is 55.0 Å². The van der Waals surface area contributed by atoms with Crippen LogP contribution >= 0.6 is 11.8 Å². The van der Waals surface area contributed by atoms with Crippen LogP contribution in [0.3, 0.4) is 0 Å². The molecule has 1 aromatic carbocycles. The van der Waals surface area contributed by atoms with Crippen molar-refractivity contribution >= 4 is 11.8 Å². The third-order valence-corrected chi connectivity index (χ3v) is 4.30. The van der Waals surface area contributed by atoms with E-state index in [-0.39, 0.29) is 5.56 Å². The van der Waals surface area contributed by atoms with E-state index in [2.05, 4.69) is 9.97 Å².